The van der Waals surface area contributed by atoms with E-state index in [0.717, 1.165) is 52.7 Å². The summed E-state index contributed by atoms with van der Waals surface area (Å²) in [5, 5.41) is 21.8. The Kier molecular flexibility index (Phi) is 4.03. The third-order valence-electron chi connectivity index (χ3n) is 5.26. The molecule has 4 aromatic rings. The van der Waals surface area contributed by atoms with Crippen molar-refractivity contribution < 1.29 is 4.42 Å². The molecule has 0 amide bonds. The molecule has 0 aliphatic heterocycles. The Balaban J connectivity index is 1.51. The molecule has 2 heterocycles. The van der Waals surface area contributed by atoms with Crippen molar-refractivity contribution in [2.24, 2.45) is 0 Å². The number of anilines is 1. The summed E-state index contributed by atoms with van der Waals surface area (Å²) in [6.45, 7) is 0. The Labute approximate surface area is 166 Å². The minimum atomic E-state index is 0.145. The van der Waals surface area contributed by atoms with Gasteiger partial charge in [-0.2, -0.15) is 10.4 Å². The zero-order valence-electron chi connectivity index (χ0n) is 14.9. The van der Waals surface area contributed by atoms with Crippen LogP contribution in [0.15, 0.2) is 47.3 Å². The molecule has 5 rings (SSSR count). The number of nitriles is 1. The second kappa shape index (κ2) is 6.70. The summed E-state index contributed by atoms with van der Waals surface area (Å²) in [6, 6.07) is 12.2. The summed E-state index contributed by atoms with van der Waals surface area (Å²) in [5.74, 6) is 0.627. The molecule has 1 aliphatic carbocycles. The van der Waals surface area contributed by atoms with E-state index in [9.17, 15) is 5.26 Å². The Bertz CT molecular complexity index is 1210. The quantitative estimate of drug-likeness (QED) is 0.500. The van der Waals surface area contributed by atoms with Crippen molar-refractivity contribution in [1.82, 2.24) is 15.2 Å². The highest BCUT2D eigenvalue weighted by Crippen LogP contribution is 2.38. The molecule has 0 unspecified atom stereocenters. The van der Waals surface area contributed by atoms with Gasteiger partial charge < -0.3 is 9.73 Å². The first kappa shape index (κ1) is 16.8. The molecule has 2 aromatic heterocycles. The number of fused-ring (bicyclic) bond motifs is 2. The lowest BCUT2D eigenvalue weighted by Crippen LogP contribution is -2.18. The van der Waals surface area contributed by atoms with Gasteiger partial charge in [-0.25, -0.2) is 4.98 Å². The number of nitrogens with zero attached hydrogens (tertiary/aromatic N) is 3. The smallest absolute Gasteiger partial charge is 0.181 e. The van der Waals surface area contributed by atoms with E-state index in [0.29, 0.717) is 16.3 Å². The van der Waals surface area contributed by atoms with Crippen LogP contribution in [-0.2, 0) is 6.42 Å². The lowest BCUT2D eigenvalue weighted by atomic mass is 9.86. The van der Waals surface area contributed by atoms with Crippen LogP contribution in [0, 0.1) is 11.3 Å². The minimum absolute atomic E-state index is 0.145. The maximum absolute atomic E-state index is 9.23. The fraction of sp³-hybridized carbons (Fsp3) is 0.190. The summed E-state index contributed by atoms with van der Waals surface area (Å²) in [6.07, 6.45) is 5.99. The van der Waals surface area contributed by atoms with Crippen molar-refractivity contribution in [3.05, 3.63) is 64.6 Å². The average molecular weight is 390 g/mol. The molecule has 1 aliphatic rings. The molecular weight excluding hydrogens is 374 g/mol. The number of benzene rings is 2. The summed E-state index contributed by atoms with van der Waals surface area (Å²) >= 11 is 6.46. The van der Waals surface area contributed by atoms with Gasteiger partial charge in [0.25, 0.3) is 0 Å². The van der Waals surface area contributed by atoms with Crippen LogP contribution in [-0.4, -0.2) is 15.2 Å². The third-order valence-corrected chi connectivity index (χ3v) is 5.70. The van der Waals surface area contributed by atoms with Gasteiger partial charge in [0.15, 0.2) is 12.2 Å². The molecule has 7 heteroatoms. The summed E-state index contributed by atoms with van der Waals surface area (Å²) in [5.41, 5.74) is 5.45. The highest BCUT2D eigenvalue weighted by molar-refractivity contribution is 6.32. The van der Waals surface area contributed by atoms with Crippen molar-refractivity contribution >= 4 is 28.2 Å². The van der Waals surface area contributed by atoms with Gasteiger partial charge in [-0.1, -0.05) is 17.7 Å². The molecular formula is C21H16ClN5O. The number of H-pyrrole nitrogens is 1. The maximum atomic E-state index is 9.23. The monoisotopic (exact) mass is 389 g/mol. The molecule has 6 nitrogen and oxygen atoms in total. The second-order valence-electron chi connectivity index (χ2n) is 6.89. The molecule has 2 N–H and O–H groups in total. The molecule has 2 aromatic carbocycles. The first-order valence-electron chi connectivity index (χ1n) is 9.09. The van der Waals surface area contributed by atoms with Crippen LogP contribution in [0.3, 0.4) is 0 Å². The normalized spacial score (nSPS) is 15.9. The van der Waals surface area contributed by atoms with Crippen molar-refractivity contribution in [2.45, 2.75) is 25.3 Å². The topological polar surface area (TPSA) is 90.5 Å². The van der Waals surface area contributed by atoms with Crippen molar-refractivity contribution in [3.63, 3.8) is 0 Å². The van der Waals surface area contributed by atoms with Gasteiger partial charge in [-0.3, -0.25) is 5.10 Å². The Morgan fingerprint density at radius 1 is 1.29 bits per heavy atom. The maximum Gasteiger partial charge on any atom is 0.181 e. The van der Waals surface area contributed by atoms with Crippen molar-refractivity contribution in [1.29, 1.82) is 5.26 Å². The molecule has 1 atom stereocenters. The molecule has 138 valence electrons. The molecule has 0 saturated heterocycles. The van der Waals surface area contributed by atoms with Gasteiger partial charge in [0.05, 0.1) is 28.3 Å². The fourth-order valence-corrected chi connectivity index (χ4v) is 4.23. The van der Waals surface area contributed by atoms with Crippen LogP contribution >= 0.6 is 11.6 Å². The van der Waals surface area contributed by atoms with Gasteiger partial charge in [0.1, 0.15) is 11.8 Å². The van der Waals surface area contributed by atoms with E-state index in [1.807, 2.05) is 24.3 Å². The van der Waals surface area contributed by atoms with Crippen LogP contribution in [0.5, 0.6) is 0 Å². The highest BCUT2D eigenvalue weighted by atomic mass is 35.5. The van der Waals surface area contributed by atoms with E-state index in [4.69, 9.17) is 16.0 Å². The van der Waals surface area contributed by atoms with E-state index < -0.39 is 0 Å². The Morgan fingerprint density at radius 2 is 2.21 bits per heavy atom. The highest BCUT2D eigenvalue weighted by Gasteiger charge is 2.24. The number of aromatic amines is 1. The molecule has 0 radical (unpaired) electrons. The Morgan fingerprint density at radius 3 is 3.04 bits per heavy atom. The minimum Gasteiger partial charge on any atom is -0.442 e. The first-order valence-corrected chi connectivity index (χ1v) is 9.47. The second-order valence-corrected chi connectivity index (χ2v) is 7.27. The van der Waals surface area contributed by atoms with E-state index in [1.165, 1.54) is 6.39 Å². The van der Waals surface area contributed by atoms with Gasteiger partial charge >= 0.3 is 0 Å². The molecule has 0 saturated carbocycles. The number of halogens is 1. The summed E-state index contributed by atoms with van der Waals surface area (Å²) in [7, 11) is 0. The zero-order valence-corrected chi connectivity index (χ0v) is 15.6. The number of aromatic nitrogens is 3. The largest absolute Gasteiger partial charge is 0.442 e. The van der Waals surface area contributed by atoms with Crippen LogP contribution < -0.4 is 5.32 Å². The van der Waals surface area contributed by atoms with E-state index in [-0.39, 0.29) is 6.04 Å². The fourth-order valence-electron chi connectivity index (χ4n) is 3.92. The van der Waals surface area contributed by atoms with E-state index in [1.54, 1.807) is 6.20 Å². The van der Waals surface area contributed by atoms with Crippen LogP contribution in [0.4, 0.5) is 5.69 Å². The molecule has 0 fully saturated rings. The summed E-state index contributed by atoms with van der Waals surface area (Å²) in [4.78, 5) is 3.98. The SMILES string of the molecule is N#Cc1ccc2c(c1Cl)CCC[C@@H]2Nc1ccc2[nH]nc(-c3cnco3)c2c1. The predicted molar refractivity (Wildman–Crippen MR) is 107 cm³/mol. The van der Waals surface area contributed by atoms with Crippen molar-refractivity contribution in [3.8, 4) is 17.5 Å². The number of rotatable bonds is 3. The predicted octanol–water partition coefficient (Wildman–Crippen LogP) is 5.23. The lowest BCUT2D eigenvalue weighted by Gasteiger charge is -2.28. The number of hydrogen-bond acceptors (Lipinski definition) is 5. The van der Waals surface area contributed by atoms with Gasteiger partial charge in [-0.05, 0) is 54.7 Å². The molecule has 0 bridgehead atoms. The van der Waals surface area contributed by atoms with E-state index >= 15 is 0 Å². The lowest BCUT2D eigenvalue weighted by molar-refractivity contribution is 0.570. The molecule has 0 spiro atoms. The summed E-state index contributed by atoms with van der Waals surface area (Å²) < 4.78 is 5.40. The first-order chi connectivity index (χ1) is 13.7. The third kappa shape index (κ3) is 2.72. The van der Waals surface area contributed by atoms with Gasteiger partial charge in [-0.15, -0.1) is 0 Å². The number of hydrogen-bond donors (Lipinski definition) is 2. The molecule has 28 heavy (non-hydrogen) atoms. The van der Waals surface area contributed by atoms with Gasteiger partial charge in [0, 0.05) is 11.1 Å². The van der Waals surface area contributed by atoms with Crippen LogP contribution in [0.25, 0.3) is 22.4 Å². The van der Waals surface area contributed by atoms with Gasteiger partial charge in [0.2, 0.25) is 0 Å². The van der Waals surface area contributed by atoms with E-state index in [2.05, 4.69) is 32.6 Å². The zero-order chi connectivity index (χ0) is 19.1. The Hall–Kier alpha value is -3.30. The number of nitrogens with one attached hydrogen (secondary N) is 2. The average Bonchev–Trinajstić information content (AvgIpc) is 3.38. The standard InChI is InChI=1S/C21H16ClN5O/c22-20-12(9-23)4-6-14-15(20)2-1-3-17(14)25-13-5-7-18-16(8-13)21(27-26-18)19-10-24-11-28-19/h4-8,10-11,17,25H,1-3H2,(H,26,27)/t17-/m0/s1. The number of oxazole rings is 1. The van der Waals surface area contributed by atoms with Crippen molar-refractivity contribution in [2.75, 3.05) is 5.32 Å². The van der Waals surface area contributed by atoms with Crippen LogP contribution in [0.1, 0.15) is 35.6 Å². The van der Waals surface area contributed by atoms with Crippen LogP contribution in [0.2, 0.25) is 5.02 Å².